The Kier molecular flexibility index (Phi) is 4.29. The summed E-state index contributed by atoms with van der Waals surface area (Å²) in [5, 5.41) is 0. The van der Waals surface area contributed by atoms with Crippen molar-refractivity contribution >= 4 is 0 Å². The molecule has 0 amide bonds. The predicted octanol–water partition coefficient (Wildman–Crippen LogP) is 3.89. The van der Waals surface area contributed by atoms with Gasteiger partial charge in [0.1, 0.15) is 12.0 Å². The largest absolute Gasteiger partial charge is 0.493 e. The highest BCUT2D eigenvalue weighted by molar-refractivity contribution is 5.62. The van der Waals surface area contributed by atoms with Gasteiger partial charge in [0.05, 0.1) is 17.9 Å². The van der Waals surface area contributed by atoms with Crippen molar-refractivity contribution in [3.63, 3.8) is 0 Å². The monoisotopic (exact) mass is 298 g/mol. The van der Waals surface area contributed by atoms with Crippen LogP contribution in [0, 0.1) is 0 Å². The van der Waals surface area contributed by atoms with Crippen LogP contribution in [0.25, 0.3) is 11.5 Å². The van der Waals surface area contributed by atoms with Crippen LogP contribution in [0.4, 0.5) is 0 Å². The van der Waals surface area contributed by atoms with E-state index in [-0.39, 0.29) is 0 Å². The molecular weight excluding hydrogens is 276 g/mol. The minimum atomic E-state index is 0.436. The third-order valence-corrected chi connectivity index (χ3v) is 4.03. The van der Waals surface area contributed by atoms with E-state index in [2.05, 4.69) is 35.9 Å². The maximum Gasteiger partial charge on any atom is 0.229 e. The van der Waals surface area contributed by atoms with Gasteiger partial charge in [-0.3, -0.25) is 4.90 Å². The van der Waals surface area contributed by atoms with Gasteiger partial charge in [0.25, 0.3) is 0 Å². The molecule has 1 aromatic heterocycles. The first kappa shape index (κ1) is 14.9. The first-order valence-corrected chi connectivity index (χ1v) is 7.79. The van der Waals surface area contributed by atoms with Crippen LogP contribution in [0.15, 0.2) is 47.1 Å². The molecule has 116 valence electrons. The van der Waals surface area contributed by atoms with Crippen LogP contribution >= 0.6 is 0 Å². The Bertz CT molecular complexity index is 651. The minimum absolute atomic E-state index is 0.436. The van der Waals surface area contributed by atoms with Crippen LogP contribution in [-0.2, 0) is 6.54 Å². The maximum absolute atomic E-state index is 5.68. The summed E-state index contributed by atoms with van der Waals surface area (Å²) >= 11 is 0. The maximum atomic E-state index is 5.68. The first-order chi connectivity index (χ1) is 10.7. The lowest BCUT2D eigenvalue weighted by Crippen LogP contribution is -2.33. The topological polar surface area (TPSA) is 38.5 Å². The Morgan fingerprint density at radius 2 is 1.91 bits per heavy atom. The Morgan fingerprint density at radius 3 is 2.64 bits per heavy atom. The average molecular weight is 298 g/mol. The lowest BCUT2D eigenvalue weighted by Gasteiger charge is -2.24. The molecule has 0 N–H and O–H groups in total. The highest BCUT2D eigenvalue weighted by Crippen LogP contribution is 2.30. The van der Waals surface area contributed by atoms with E-state index in [0.29, 0.717) is 24.6 Å². The van der Waals surface area contributed by atoms with Gasteiger partial charge in [-0.2, -0.15) is 0 Å². The van der Waals surface area contributed by atoms with E-state index < -0.39 is 0 Å². The second-order valence-electron chi connectivity index (χ2n) is 5.61. The fourth-order valence-electron chi connectivity index (χ4n) is 2.82. The van der Waals surface area contributed by atoms with E-state index in [9.17, 15) is 0 Å². The van der Waals surface area contributed by atoms with Gasteiger partial charge < -0.3 is 9.15 Å². The molecule has 0 aliphatic carbocycles. The van der Waals surface area contributed by atoms with Crippen LogP contribution in [0.3, 0.4) is 0 Å². The van der Waals surface area contributed by atoms with Crippen LogP contribution in [-0.4, -0.2) is 28.6 Å². The zero-order chi connectivity index (χ0) is 15.5. The number of para-hydroxylation sites is 1. The number of rotatable bonds is 5. The lowest BCUT2D eigenvalue weighted by molar-refractivity contribution is 0.218. The molecule has 0 spiro atoms. The fraction of sp³-hybridized carbons (Fsp3) is 0.389. The summed E-state index contributed by atoms with van der Waals surface area (Å²) in [5.41, 5.74) is 1.85. The second kappa shape index (κ2) is 6.36. The fourth-order valence-corrected chi connectivity index (χ4v) is 2.82. The van der Waals surface area contributed by atoms with E-state index in [1.54, 1.807) is 6.26 Å². The molecule has 1 aromatic carbocycles. The molecule has 2 unspecified atom stereocenters. The smallest absolute Gasteiger partial charge is 0.229 e. The summed E-state index contributed by atoms with van der Waals surface area (Å²) in [7, 11) is 0. The normalized spacial score (nSPS) is 21.4. The average Bonchev–Trinajstić information content (AvgIpc) is 3.10. The molecule has 0 radical (unpaired) electrons. The van der Waals surface area contributed by atoms with Gasteiger partial charge >= 0.3 is 0 Å². The van der Waals surface area contributed by atoms with E-state index in [1.807, 2.05) is 31.2 Å². The second-order valence-corrected chi connectivity index (χ2v) is 5.61. The predicted molar refractivity (Wildman–Crippen MR) is 86.7 cm³/mol. The number of aromatic nitrogens is 1. The number of benzene rings is 1. The van der Waals surface area contributed by atoms with Crippen molar-refractivity contribution in [1.29, 1.82) is 0 Å². The number of hydrogen-bond donors (Lipinski definition) is 0. The number of oxazole rings is 1. The minimum Gasteiger partial charge on any atom is -0.493 e. The molecule has 4 heteroatoms. The van der Waals surface area contributed by atoms with Gasteiger partial charge in [0.15, 0.2) is 0 Å². The first-order valence-electron chi connectivity index (χ1n) is 7.79. The molecule has 2 heterocycles. The van der Waals surface area contributed by atoms with Gasteiger partial charge in [-0.15, -0.1) is 0 Å². The zero-order valence-corrected chi connectivity index (χ0v) is 13.3. The molecule has 0 bridgehead atoms. The molecule has 2 atom stereocenters. The summed E-state index contributed by atoms with van der Waals surface area (Å²) in [6, 6.07) is 8.71. The zero-order valence-electron chi connectivity index (χ0n) is 13.3. The van der Waals surface area contributed by atoms with E-state index in [4.69, 9.17) is 9.15 Å². The quantitative estimate of drug-likeness (QED) is 0.785. The number of hydrogen-bond acceptors (Lipinski definition) is 4. The number of ether oxygens (including phenoxy) is 1. The Morgan fingerprint density at radius 1 is 1.18 bits per heavy atom. The van der Waals surface area contributed by atoms with Crippen molar-refractivity contribution in [2.24, 2.45) is 0 Å². The van der Waals surface area contributed by atoms with Crippen molar-refractivity contribution in [3.05, 3.63) is 48.4 Å². The van der Waals surface area contributed by atoms with Crippen molar-refractivity contribution in [2.75, 3.05) is 6.61 Å². The highest BCUT2D eigenvalue weighted by atomic mass is 16.5. The summed E-state index contributed by atoms with van der Waals surface area (Å²) in [6.07, 6.45) is 6.21. The molecule has 1 aliphatic rings. The van der Waals surface area contributed by atoms with Gasteiger partial charge in [-0.05, 0) is 32.9 Å². The summed E-state index contributed by atoms with van der Waals surface area (Å²) in [4.78, 5) is 7.02. The molecule has 0 saturated heterocycles. The SMILES string of the molecule is CCOc1ccccc1-c1nc(CN2C(C)C=CC2C)co1. The van der Waals surface area contributed by atoms with Crippen molar-refractivity contribution in [1.82, 2.24) is 9.88 Å². The molecule has 4 nitrogen and oxygen atoms in total. The third kappa shape index (κ3) is 2.92. The number of nitrogens with zero attached hydrogens (tertiary/aromatic N) is 2. The third-order valence-electron chi connectivity index (χ3n) is 4.03. The van der Waals surface area contributed by atoms with Crippen LogP contribution in [0.2, 0.25) is 0 Å². The summed E-state index contributed by atoms with van der Waals surface area (Å²) in [6.45, 7) is 7.78. The van der Waals surface area contributed by atoms with Gasteiger partial charge in [0.2, 0.25) is 5.89 Å². The molecule has 0 fully saturated rings. The Hall–Kier alpha value is -2.07. The molecule has 3 rings (SSSR count). The van der Waals surface area contributed by atoms with Crippen molar-refractivity contribution < 1.29 is 9.15 Å². The highest BCUT2D eigenvalue weighted by Gasteiger charge is 2.23. The Balaban J connectivity index is 1.80. The van der Waals surface area contributed by atoms with Crippen molar-refractivity contribution in [3.8, 4) is 17.2 Å². The summed E-state index contributed by atoms with van der Waals surface area (Å²) in [5.74, 6) is 1.43. The van der Waals surface area contributed by atoms with E-state index >= 15 is 0 Å². The van der Waals surface area contributed by atoms with E-state index in [1.165, 1.54) is 0 Å². The standard InChI is InChI=1S/C18H22N2O2/c1-4-21-17-8-6-5-7-16(17)18-19-15(12-22-18)11-20-13(2)9-10-14(20)3/h5-10,12-14H,4,11H2,1-3H3. The molecule has 0 saturated carbocycles. The van der Waals surface area contributed by atoms with Gasteiger partial charge in [0, 0.05) is 18.6 Å². The van der Waals surface area contributed by atoms with Gasteiger partial charge in [-0.1, -0.05) is 24.3 Å². The molecule has 1 aliphatic heterocycles. The van der Waals surface area contributed by atoms with Crippen LogP contribution in [0.1, 0.15) is 26.5 Å². The van der Waals surface area contributed by atoms with Crippen molar-refractivity contribution in [2.45, 2.75) is 39.4 Å². The molecule has 2 aromatic rings. The molecular formula is C18H22N2O2. The van der Waals surface area contributed by atoms with Crippen LogP contribution in [0.5, 0.6) is 5.75 Å². The lowest BCUT2D eigenvalue weighted by atomic mass is 10.2. The summed E-state index contributed by atoms with van der Waals surface area (Å²) < 4.78 is 11.3. The van der Waals surface area contributed by atoms with Gasteiger partial charge in [-0.25, -0.2) is 4.98 Å². The van der Waals surface area contributed by atoms with E-state index in [0.717, 1.165) is 23.6 Å². The Labute approximate surface area is 131 Å². The van der Waals surface area contributed by atoms with Crippen LogP contribution < -0.4 is 4.74 Å². The molecule has 22 heavy (non-hydrogen) atoms.